The number of Topliss-reactive ketones (excluding diaryl/α,β-unsaturated/α-hetero) is 1. The molecule has 0 aliphatic carbocycles. The van der Waals surface area contributed by atoms with Crippen molar-refractivity contribution in [2.45, 2.75) is 13.8 Å². The van der Waals surface area contributed by atoms with E-state index in [1.54, 1.807) is 24.3 Å². The van der Waals surface area contributed by atoms with Gasteiger partial charge in [0, 0.05) is 58.8 Å². The normalized spacial score (nSPS) is 13.7. The molecule has 1 heterocycles. The van der Waals surface area contributed by atoms with Gasteiger partial charge in [-0.1, -0.05) is 17.7 Å². The van der Waals surface area contributed by atoms with Crippen molar-refractivity contribution in [2.75, 3.05) is 36.5 Å². The lowest BCUT2D eigenvalue weighted by Gasteiger charge is -2.22. The number of benzene rings is 3. The van der Waals surface area contributed by atoms with Crippen LogP contribution in [0.15, 0.2) is 71.6 Å². The van der Waals surface area contributed by atoms with Crippen LogP contribution in [0.25, 0.3) is 6.08 Å². The van der Waals surface area contributed by atoms with Crippen molar-refractivity contribution in [2.24, 2.45) is 0 Å². The number of nitrogens with one attached hydrogen (secondary N) is 1. The molecule has 3 amide bonds. The molecule has 0 spiro atoms. The number of halogens is 1. The van der Waals surface area contributed by atoms with Gasteiger partial charge < -0.3 is 15.0 Å². The van der Waals surface area contributed by atoms with Gasteiger partial charge in [0.2, 0.25) is 0 Å². The summed E-state index contributed by atoms with van der Waals surface area (Å²) >= 11 is 6.58. The molecule has 13 heteroatoms. The van der Waals surface area contributed by atoms with E-state index in [4.69, 9.17) is 16.3 Å². The summed E-state index contributed by atoms with van der Waals surface area (Å²) in [4.78, 5) is 64.7. The maximum absolute atomic E-state index is 13.1. The van der Waals surface area contributed by atoms with Crippen LogP contribution in [0.1, 0.15) is 29.8 Å². The molecule has 11 nitrogen and oxygen atoms in total. The van der Waals surface area contributed by atoms with Crippen LogP contribution in [0, 0.1) is 10.1 Å². The van der Waals surface area contributed by atoms with Gasteiger partial charge in [-0.2, -0.15) is 0 Å². The average Bonchev–Trinajstić information content (AvgIpc) is 3.25. The highest BCUT2D eigenvalue weighted by Gasteiger charge is 2.36. The molecule has 0 atom stereocenters. The number of imide groups is 1. The number of nitro groups is 1. The number of ketones is 1. The summed E-state index contributed by atoms with van der Waals surface area (Å²) in [5.74, 6) is -1.31. The molecule has 222 valence electrons. The Labute approximate surface area is 256 Å². The number of amides is 3. The van der Waals surface area contributed by atoms with Gasteiger partial charge in [0.25, 0.3) is 22.7 Å². The molecule has 1 aliphatic rings. The SMILES string of the molecule is CCN(CC)c1ccc(/C=C2/SC(=O)N(CC(=O)c3ccc(Cl)cc3)C2=O)c(OCC(=O)Nc2cccc([N+](=O)[O-])c2)c1. The van der Waals surface area contributed by atoms with Crippen LogP contribution >= 0.6 is 23.4 Å². The molecular formula is C30H27ClN4O7S. The number of hydrogen-bond donors (Lipinski definition) is 1. The summed E-state index contributed by atoms with van der Waals surface area (Å²) in [6.45, 7) is 4.55. The Hall–Kier alpha value is -4.68. The zero-order chi connectivity index (χ0) is 31.1. The second-order valence-corrected chi connectivity index (χ2v) is 10.7. The van der Waals surface area contributed by atoms with E-state index < -0.39 is 40.9 Å². The van der Waals surface area contributed by atoms with Crippen LogP contribution in [0.5, 0.6) is 5.75 Å². The van der Waals surface area contributed by atoms with E-state index in [0.717, 1.165) is 10.6 Å². The van der Waals surface area contributed by atoms with Crippen LogP contribution in [-0.4, -0.2) is 58.9 Å². The lowest BCUT2D eigenvalue weighted by Crippen LogP contribution is -2.33. The first-order chi connectivity index (χ1) is 20.6. The third-order valence-electron chi connectivity index (χ3n) is 6.45. The molecule has 0 radical (unpaired) electrons. The summed E-state index contributed by atoms with van der Waals surface area (Å²) in [6, 6.07) is 17.0. The first kappa shape index (κ1) is 31.3. The molecule has 3 aromatic carbocycles. The van der Waals surface area contributed by atoms with Gasteiger partial charge in [0.15, 0.2) is 12.4 Å². The number of ether oxygens (including phenoxy) is 1. The molecule has 3 aromatic rings. The number of non-ortho nitro benzene ring substituents is 1. The standard InChI is InChI=1S/C30H27ClN4O7S/c1-3-33(4-2)23-13-10-20(26(16-23)42-18-28(37)32-22-6-5-7-24(15-22)35(40)41)14-27-29(38)34(30(39)43-27)17-25(36)19-8-11-21(31)12-9-19/h5-16H,3-4,17-18H2,1-2H3,(H,32,37)/b27-14+. The quantitative estimate of drug-likeness (QED) is 0.111. The highest BCUT2D eigenvalue weighted by molar-refractivity contribution is 8.18. The van der Waals surface area contributed by atoms with Crippen molar-refractivity contribution in [1.82, 2.24) is 4.90 Å². The van der Waals surface area contributed by atoms with Crippen molar-refractivity contribution in [3.05, 3.63) is 97.9 Å². The average molecular weight is 623 g/mol. The van der Waals surface area contributed by atoms with Gasteiger partial charge in [-0.05, 0) is 74.1 Å². The summed E-state index contributed by atoms with van der Waals surface area (Å²) in [7, 11) is 0. The third-order valence-corrected chi connectivity index (χ3v) is 7.61. The summed E-state index contributed by atoms with van der Waals surface area (Å²) in [5.41, 5.74) is 1.64. The fourth-order valence-electron chi connectivity index (χ4n) is 4.24. The Morgan fingerprint density at radius 1 is 1.07 bits per heavy atom. The largest absolute Gasteiger partial charge is 0.483 e. The number of rotatable bonds is 12. The predicted octanol–water partition coefficient (Wildman–Crippen LogP) is 6.03. The van der Waals surface area contributed by atoms with E-state index in [-0.39, 0.29) is 22.0 Å². The van der Waals surface area contributed by atoms with Crippen molar-refractivity contribution < 1.29 is 28.8 Å². The zero-order valence-corrected chi connectivity index (χ0v) is 24.8. The molecule has 0 aromatic heterocycles. The topological polar surface area (TPSA) is 139 Å². The fourth-order valence-corrected chi connectivity index (χ4v) is 5.19. The third kappa shape index (κ3) is 7.79. The van der Waals surface area contributed by atoms with Crippen LogP contribution in [0.2, 0.25) is 5.02 Å². The Bertz CT molecular complexity index is 1610. The highest BCUT2D eigenvalue weighted by Crippen LogP contribution is 2.35. The smallest absolute Gasteiger partial charge is 0.293 e. The van der Waals surface area contributed by atoms with Crippen LogP contribution in [-0.2, 0) is 9.59 Å². The summed E-state index contributed by atoms with van der Waals surface area (Å²) in [6.07, 6.45) is 1.48. The zero-order valence-electron chi connectivity index (χ0n) is 23.2. The van der Waals surface area contributed by atoms with Gasteiger partial charge in [-0.25, -0.2) is 0 Å². The number of hydrogen-bond acceptors (Lipinski definition) is 9. The van der Waals surface area contributed by atoms with Gasteiger partial charge in [0.1, 0.15) is 5.75 Å². The molecule has 0 bridgehead atoms. The minimum atomic E-state index is -0.625. The number of carbonyl (C=O) groups is 4. The van der Waals surface area contributed by atoms with Gasteiger partial charge in [-0.15, -0.1) is 0 Å². The molecule has 43 heavy (non-hydrogen) atoms. The molecule has 0 unspecified atom stereocenters. The summed E-state index contributed by atoms with van der Waals surface area (Å²) in [5, 5.41) is 13.5. The molecular weight excluding hydrogens is 596 g/mol. The summed E-state index contributed by atoms with van der Waals surface area (Å²) < 4.78 is 5.86. The Balaban J connectivity index is 1.54. The second-order valence-electron chi connectivity index (χ2n) is 9.24. The van der Waals surface area contributed by atoms with Gasteiger partial charge >= 0.3 is 0 Å². The maximum atomic E-state index is 13.1. The van der Waals surface area contributed by atoms with E-state index in [9.17, 15) is 29.3 Å². The predicted molar refractivity (Wildman–Crippen MR) is 166 cm³/mol. The van der Waals surface area contributed by atoms with Crippen molar-refractivity contribution in [3.63, 3.8) is 0 Å². The van der Waals surface area contributed by atoms with E-state index in [1.165, 1.54) is 42.5 Å². The minimum Gasteiger partial charge on any atom is -0.483 e. The Morgan fingerprint density at radius 3 is 2.47 bits per heavy atom. The highest BCUT2D eigenvalue weighted by atomic mass is 35.5. The number of nitrogens with zero attached hydrogens (tertiary/aromatic N) is 3. The number of anilines is 2. The molecule has 1 N–H and O–H groups in total. The lowest BCUT2D eigenvalue weighted by atomic mass is 10.1. The fraction of sp³-hybridized carbons (Fsp3) is 0.200. The van der Waals surface area contributed by atoms with E-state index in [0.29, 0.717) is 41.0 Å². The van der Waals surface area contributed by atoms with Crippen molar-refractivity contribution in [1.29, 1.82) is 0 Å². The van der Waals surface area contributed by atoms with Crippen LogP contribution < -0.4 is 15.0 Å². The molecule has 1 saturated heterocycles. The van der Waals surface area contributed by atoms with Crippen molar-refractivity contribution >= 4 is 69.3 Å². The maximum Gasteiger partial charge on any atom is 0.293 e. The molecule has 1 fully saturated rings. The van der Waals surface area contributed by atoms with Crippen molar-refractivity contribution in [3.8, 4) is 5.75 Å². The first-order valence-corrected chi connectivity index (χ1v) is 14.4. The minimum absolute atomic E-state index is 0.0930. The van der Waals surface area contributed by atoms with Gasteiger partial charge in [-0.3, -0.25) is 34.2 Å². The Kier molecular flexibility index (Phi) is 10.2. The monoisotopic (exact) mass is 622 g/mol. The molecule has 1 aliphatic heterocycles. The van der Waals surface area contributed by atoms with Gasteiger partial charge in [0.05, 0.1) is 16.4 Å². The Morgan fingerprint density at radius 2 is 1.79 bits per heavy atom. The van der Waals surface area contributed by atoms with E-state index >= 15 is 0 Å². The van der Waals surface area contributed by atoms with Crippen LogP contribution in [0.4, 0.5) is 21.9 Å². The van der Waals surface area contributed by atoms with E-state index in [2.05, 4.69) is 10.2 Å². The second kappa shape index (κ2) is 14.0. The number of nitro benzene ring substituents is 1. The first-order valence-electron chi connectivity index (χ1n) is 13.2. The van der Waals surface area contributed by atoms with Crippen LogP contribution in [0.3, 0.4) is 0 Å². The number of carbonyl (C=O) groups excluding carboxylic acids is 4. The lowest BCUT2D eigenvalue weighted by molar-refractivity contribution is -0.384. The van der Waals surface area contributed by atoms with E-state index in [1.807, 2.05) is 19.9 Å². The number of thioether (sulfide) groups is 1. The molecule has 4 rings (SSSR count). The molecule has 0 saturated carbocycles.